The Morgan fingerprint density at radius 3 is 1.95 bits per heavy atom. The van der Waals surface area contributed by atoms with E-state index in [-0.39, 0.29) is 16.5 Å². The fourth-order valence-electron chi connectivity index (χ4n) is 2.49. The van der Waals surface area contributed by atoms with Gasteiger partial charge in [-0.1, -0.05) is 56.4 Å². The summed E-state index contributed by atoms with van der Waals surface area (Å²) in [7, 11) is 0. The van der Waals surface area contributed by atoms with Crippen LogP contribution >= 0.6 is 11.6 Å². The van der Waals surface area contributed by atoms with Crippen LogP contribution < -0.4 is 0 Å². The van der Waals surface area contributed by atoms with Crippen LogP contribution in [0.4, 0.5) is 0 Å². The van der Waals surface area contributed by atoms with Crippen molar-refractivity contribution in [3.63, 3.8) is 0 Å². The molecule has 0 amide bonds. The molecule has 0 aliphatic carbocycles. The first kappa shape index (κ1) is 18.9. The number of phenols is 2. The summed E-state index contributed by atoms with van der Waals surface area (Å²) in [6.07, 6.45) is 16.5. The summed E-state index contributed by atoms with van der Waals surface area (Å²) < 4.78 is 0. The normalized spacial score (nSPS) is 11.4. The minimum atomic E-state index is -0.0392. The molecule has 0 saturated carbocycles. The molecule has 3 heteroatoms. The van der Waals surface area contributed by atoms with Crippen LogP contribution in [0.1, 0.15) is 70.3 Å². The second-order valence-electron chi connectivity index (χ2n) is 5.87. The van der Waals surface area contributed by atoms with E-state index in [1.165, 1.54) is 38.5 Å². The van der Waals surface area contributed by atoms with E-state index >= 15 is 0 Å². The highest BCUT2D eigenvalue weighted by Crippen LogP contribution is 2.33. The van der Waals surface area contributed by atoms with Crippen LogP contribution in [0, 0.1) is 0 Å². The van der Waals surface area contributed by atoms with Gasteiger partial charge in [0.25, 0.3) is 0 Å². The van der Waals surface area contributed by atoms with Crippen LogP contribution in [0.2, 0.25) is 5.02 Å². The van der Waals surface area contributed by atoms with E-state index in [1.807, 2.05) is 0 Å². The Morgan fingerprint density at radius 1 is 0.864 bits per heavy atom. The Labute approximate surface area is 139 Å². The van der Waals surface area contributed by atoms with Crippen LogP contribution in [0.15, 0.2) is 24.3 Å². The topological polar surface area (TPSA) is 40.5 Å². The molecule has 0 heterocycles. The number of aryl methyl sites for hydroxylation is 1. The third-order valence-electron chi connectivity index (χ3n) is 3.82. The van der Waals surface area contributed by atoms with Gasteiger partial charge in [-0.3, -0.25) is 0 Å². The molecule has 22 heavy (non-hydrogen) atoms. The highest BCUT2D eigenvalue weighted by molar-refractivity contribution is 6.33. The number of unbranched alkanes of at least 4 members (excludes halogenated alkanes) is 7. The second-order valence-corrected chi connectivity index (χ2v) is 6.25. The molecule has 0 bridgehead atoms. The van der Waals surface area contributed by atoms with Crippen LogP contribution in [-0.4, -0.2) is 10.2 Å². The van der Waals surface area contributed by atoms with Gasteiger partial charge in [-0.15, -0.1) is 0 Å². The number of benzene rings is 1. The van der Waals surface area contributed by atoms with Gasteiger partial charge in [0.1, 0.15) is 16.5 Å². The first-order valence-electron chi connectivity index (χ1n) is 8.50. The van der Waals surface area contributed by atoms with E-state index in [0.717, 1.165) is 31.2 Å². The van der Waals surface area contributed by atoms with Gasteiger partial charge >= 0.3 is 0 Å². The number of aromatic hydroxyl groups is 2. The highest BCUT2D eigenvalue weighted by Gasteiger charge is 2.06. The Morgan fingerprint density at radius 2 is 1.41 bits per heavy atom. The zero-order chi connectivity index (χ0) is 16.2. The van der Waals surface area contributed by atoms with E-state index in [2.05, 4.69) is 19.1 Å². The molecule has 0 aliphatic heterocycles. The Balaban J connectivity index is 2.07. The number of hydrogen-bond acceptors (Lipinski definition) is 2. The average Bonchev–Trinajstić information content (AvgIpc) is 2.50. The summed E-state index contributed by atoms with van der Waals surface area (Å²) in [6, 6.07) is 3.27. The largest absolute Gasteiger partial charge is 0.506 e. The Bertz CT molecular complexity index is 432. The van der Waals surface area contributed by atoms with Gasteiger partial charge in [0, 0.05) is 0 Å². The molecule has 0 aliphatic rings. The molecule has 2 N–H and O–H groups in total. The van der Waals surface area contributed by atoms with Crippen molar-refractivity contribution in [2.24, 2.45) is 0 Å². The van der Waals surface area contributed by atoms with Crippen LogP contribution in [0.5, 0.6) is 11.5 Å². The molecule has 2 nitrogen and oxygen atoms in total. The maximum atomic E-state index is 9.56. The van der Waals surface area contributed by atoms with Crippen molar-refractivity contribution in [1.29, 1.82) is 0 Å². The van der Waals surface area contributed by atoms with E-state index in [1.54, 1.807) is 12.1 Å². The third-order valence-corrected chi connectivity index (χ3v) is 4.21. The molecule has 0 radical (unpaired) electrons. The fraction of sp³-hybridized carbons (Fsp3) is 0.579. The number of phenolic OH excluding ortho intramolecular Hbond substituents is 2. The SMILES string of the molecule is CCCCCC/C=C/CCCCCc1cc(O)c(Cl)c(O)c1. The molecule has 0 unspecified atom stereocenters. The summed E-state index contributed by atoms with van der Waals surface area (Å²) in [4.78, 5) is 0. The van der Waals surface area contributed by atoms with Gasteiger partial charge in [-0.25, -0.2) is 0 Å². The van der Waals surface area contributed by atoms with Crippen molar-refractivity contribution in [2.75, 3.05) is 0 Å². The molecule has 1 aromatic rings. The van der Waals surface area contributed by atoms with Crippen LogP contribution in [0.25, 0.3) is 0 Å². The molecule has 0 atom stereocenters. The van der Waals surface area contributed by atoms with Gasteiger partial charge in [-0.05, 0) is 56.2 Å². The van der Waals surface area contributed by atoms with E-state index in [9.17, 15) is 10.2 Å². The molecule has 124 valence electrons. The molecule has 0 fully saturated rings. The van der Waals surface area contributed by atoms with Crippen molar-refractivity contribution in [2.45, 2.75) is 71.1 Å². The lowest BCUT2D eigenvalue weighted by atomic mass is 10.1. The predicted molar refractivity (Wildman–Crippen MR) is 94.9 cm³/mol. The maximum Gasteiger partial charge on any atom is 0.138 e. The smallest absolute Gasteiger partial charge is 0.138 e. The summed E-state index contributed by atoms with van der Waals surface area (Å²) in [6.45, 7) is 2.24. The first-order chi connectivity index (χ1) is 10.6. The lowest BCUT2D eigenvalue weighted by Crippen LogP contribution is -1.86. The predicted octanol–water partition coefficient (Wildman–Crippen LogP) is 6.38. The monoisotopic (exact) mass is 324 g/mol. The third kappa shape index (κ3) is 7.74. The van der Waals surface area contributed by atoms with Crippen molar-refractivity contribution >= 4 is 11.6 Å². The second kappa shape index (κ2) is 11.4. The zero-order valence-corrected chi connectivity index (χ0v) is 14.4. The van der Waals surface area contributed by atoms with Gasteiger partial charge in [0.15, 0.2) is 0 Å². The molecule has 1 rings (SSSR count). The summed E-state index contributed by atoms with van der Waals surface area (Å²) in [5.41, 5.74) is 0.936. The lowest BCUT2D eigenvalue weighted by molar-refractivity contribution is 0.449. The minimum absolute atomic E-state index is 0.0350. The minimum Gasteiger partial charge on any atom is -0.506 e. The van der Waals surface area contributed by atoms with E-state index < -0.39 is 0 Å². The number of halogens is 1. The van der Waals surface area contributed by atoms with Gasteiger partial charge < -0.3 is 10.2 Å². The Hall–Kier alpha value is -1.15. The number of allylic oxidation sites excluding steroid dienone is 2. The summed E-state index contributed by atoms with van der Waals surface area (Å²) in [5.74, 6) is -0.0784. The summed E-state index contributed by atoms with van der Waals surface area (Å²) >= 11 is 5.71. The van der Waals surface area contributed by atoms with Gasteiger partial charge in [0.05, 0.1) is 0 Å². The standard InChI is InChI=1S/C19H29ClO2/c1-2-3-4-5-6-7-8-9-10-11-12-13-16-14-17(21)19(20)18(22)15-16/h7-8,14-15,21-22H,2-6,9-13H2,1H3/b8-7+. The zero-order valence-electron chi connectivity index (χ0n) is 13.7. The number of hydrogen-bond donors (Lipinski definition) is 2. The van der Waals surface area contributed by atoms with Crippen molar-refractivity contribution in [3.8, 4) is 11.5 Å². The molecular weight excluding hydrogens is 296 g/mol. The lowest BCUT2D eigenvalue weighted by Gasteiger charge is -2.05. The highest BCUT2D eigenvalue weighted by atomic mass is 35.5. The van der Waals surface area contributed by atoms with E-state index in [4.69, 9.17) is 11.6 Å². The van der Waals surface area contributed by atoms with Crippen molar-refractivity contribution in [1.82, 2.24) is 0 Å². The molecule has 1 aromatic carbocycles. The molecule has 0 spiro atoms. The Kier molecular flexibility index (Phi) is 9.81. The quantitative estimate of drug-likeness (QED) is 0.366. The van der Waals surface area contributed by atoms with E-state index in [0.29, 0.717) is 0 Å². The molecule has 0 saturated heterocycles. The van der Waals surface area contributed by atoms with Crippen molar-refractivity contribution < 1.29 is 10.2 Å². The van der Waals surface area contributed by atoms with Gasteiger partial charge in [0.2, 0.25) is 0 Å². The first-order valence-corrected chi connectivity index (χ1v) is 8.88. The van der Waals surface area contributed by atoms with Crippen molar-refractivity contribution in [3.05, 3.63) is 34.9 Å². The van der Waals surface area contributed by atoms with Crippen LogP contribution in [0.3, 0.4) is 0 Å². The maximum absolute atomic E-state index is 9.56. The average molecular weight is 325 g/mol. The van der Waals surface area contributed by atoms with Crippen LogP contribution in [-0.2, 0) is 6.42 Å². The molecule has 0 aromatic heterocycles. The van der Waals surface area contributed by atoms with Gasteiger partial charge in [-0.2, -0.15) is 0 Å². The molecular formula is C19H29ClO2. The fourth-order valence-corrected chi connectivity index (χ4v) is 2.60. The number of rotatable bonds is 11. The summed E-state index contributed by atoms with van der Waals surface area (Å²) in [5, 5.41) is 19.1.